The largest absolute Gasteiger partial charge is 0.316 e. The highest BCUT2D eigenvalue weighted by atomic mass is 19.2. The fourth-order valence-corrected chi connectivity index (χ4v) is 2.36. The van der Waals surface area contributed by atoms with E-state index in [9.17, 15) is 13.2 Å². The normalized spacial score (nSPS) is 19.2. The third kappa shape index (κ3) is 2.29. The first-order valence-electron chi connectivity index (χ1n) is 6.43. The minimum absolute atomic E-state index is 0.0435. The molecule has 0 amide bonds. The van der Waals surface area contributed by atoms with Crippen molar-refractivity contribution in [3.05, 3.63) is 35.4 Å². The lowest BCUT2D eigenvalue weighted by atomic mass is 9.99. The predicted molar refractivity (Wildman–Crippen MR) is 66.5 cm³/mol. The van der Waals surface area contributed by atoms with Gasteiger partial charge < -0.3 is 5.32 Å². The number of nitrogens with zero attached hydrogens (tertiary/aromatic N) is 2. The summed E-state index contributed by atoms with van der Waals surface area (Å²) < 4.78 is 39.8. The predicted octanol–water partition coefficient (Wildman–Crippen LogP) is 2.36. The fraction of sp³-hybridized carbons (Fsp3) is 0.385. The molecule has 0 radical (unpaired) electrons. The van der Waals surface area contributed by atoms with Gasteiger partial charge in [0.1, 0.15) is 5.82 Å². The van der Waals surface area contributed by atoms with Gasteiger partial charge in [0.05, 0.1) is 5.56 Å². The first-order valence-corrected chi connectivity index (χ1v) is 6.43. The minimum atomic E-state index is -1.51. The molecule has 4 nitrogen and oxygen atoms in total. The van der Waals surface area contributed by atoms with Crippen molar-refractivity contribution in [3.63, 3.8) is 0 Å². The molecule has 1 aliphatic heterocycles. The fourth-order valence-electron chi connectivity index (χ4n) is 2.36. The van der Waals surface area contributed by atoms with Gasteiger partial charge in [-0.2, -0.15) is 5.10 Å². The number of hydrogen-bond acceptors (Lipinski definition) is 3. The van der Waals surface area contributed by atoms with Gasteiger partial charge in [-0.05, 0) is 31.5 Å². The van der Waals surface area contributed by atoms with Gasteiger partial charge in [0.15, 0.2) is 23.3 Å². The molecule has 3 rings (SSSR count). The second-order valence-corrected chi connectivity index (χ2v) is 4.81. The molecule has 2 N–H and O–H groups in total. The zero-order valence-corrected chi connectivity index (χ0v) is 10.6. The van der Waals surface area contributed by atoms with E-state index in [1.54, 1.807) is 0 Å². The molecule has 2 aromatic rings. The highest BCUT2D eigenvalue weighted by Gasteiger charge is 2.22. The van der Waals surface area contributed by atoms with Crippen molar-refractivity contribution in [2.45, 2.75) is 18.8 Å². The van der Waals surface area contributed by atoms with Crippen LogP contribution in [-0.2, 0) is 0 Å². The first-order chi connectivity index (χ1) is 9.66. The average Bonchev–Trinajstić information content (AvgIpc) is 2.95. The van der Waals surface area contributed by atoms with Gasteiger partial charge in [-0.1, -0.05) is 0 Å². The molecule has 0 aliphatic carbocycles. The number of aromatic nitrogens is 3. The quantitative estimate of drug-likeness (QED) is 0.831. The molecular weight excluding hydrogens is 269 g/mol. The molecule has 106 valence electrons. The van der Waals surface area contributed by atoms with E-state index in [0.29, 0.717) is 5.82 Å². The van der Waals surface area contributed by atoms with E-state index in [-0.39, 0.29) is 17.3 Å². The van der Waals surface area contributed by atoms with Crippen molar-refractivity contribution >= 4 is 0 Å². The first kappa shape index (κ1) is 13.1. The maximum Gasteiger partial charge on any atom is 0.195 e. The Labute approximate surface area is 113 Å². The van der Waals surface area contributed by atoms with Crippen LogP contribution < -0.4 is 5.32 Å². The summed E-state index contributed by atoms with van der Waals surface area (Å²) in [7, 11) is 0. The summed E-state index contributed by atoms with van der Waals surface area (Å²) in [6.07, 6.45) is 1.99. The summed E-state index contributed by atoms with van der Waals surface area (Å²) in [4.78, 5) is 4.20. The van der Waals surface area contributed by atoms with E-state index in [1.165, 1.54) is 0 Å². The van der Waals surface area contributed by atoms with Gasteiger partial charge in [-0.15, -0.1) is 0 Å². The Morgan fingerprint density at radius 3 is 2.75 bits per heavy atom. The van der Waals surface area contributed by atoms with Crippen molar-refractivity contribution in [3.8, 4) is 11.4 Å². The van der Waals surface area contributed by atoms with Gasteiger partial charge in [0.2, 0.25) is 0 Å². The van der Waals surface area contributed by atoms with Crippen LogP contribution in [0.4, 0.5) is 13.2 Å². The van der Waals surface area contributed by atoms with Crippen molar-refractivity contribution in [2.24, 2.45) is 0 Å². The summed E-state index contributed by atoms with van der Waals surface area (Å²) in [6, 6.07) is 2.01. The Morgan fingerprint density at radius 1 is 1.15 bits per heavy atom. The number of aromatic amines is 1. The lowest BCUT2D eigenvalue weighted by Gasteiger charge is -2.20. The Morgan fingerprint density at radius 2 is 2.00 bits per heavy atom. The van der Waals surface area contributed by atoms with Crippen LogP contribution in [0.15, 0.2) is 12.1 Å². The van der Waals surface area contributed by atoms with Crippen LogP contribution in [0, 0.1) is 17.5 Å². The molecule has 7 heteroatoms. The smallest absolute Gasteiger partial charge is 0.195 e. The molecule has 20 heavy (non-hydrogen) atoms. The zero-order valence-electron chi connectivity index (χ0n) is 10.6. The van der Waals surface area contributed by atoms with Crippen molar-refractivity contribution in [1.82, 2.24) is 20.5 Å². The maximum absolute atomic E-state index is 13.7. The number of piperidine rings is 1. The number of H-pyrrole nitrogens is 1. The van der Waals surface area contributed by atoms with Crippen LogP contribution in [0.1, 0.15) is 24.6 Å². The molecule has 1 aromatic heterocycles. The lowest BCUT2D eigenvalue weighted by molar-refractivity contribution is 0.447. The summed E-state index contributed by atoms with van der Waals surface area (Å²) in [5.41, 5.74) is -0.143. The topological polar surface area (TPSA) is 53.6 Å². The number of nitrogens with one attached hydrogen (secondary N) is 2. The molecule has 1 fully saturated rings. The van der Waals surface area contributed by atoms with E-state index in [1.807, 2.05) is 0 Å². The van der Waals surface area contributed by atoms with E-state index in [0.717, 1.165) is 38.1 Å². The molecule has 1 aromatic carbocycles. The van der Waals surface area contributed by atoms with Gasteiger partial charge in [-0.3, -0.25) is 5.10 Å². The summed E-state index contributed by atoms with van der Waals surface area (Å²) in [5.74, 6) is -3.14. The molecule has 1 aliphatic rings. The zero-order chi connectivity index (χ0) is 14.1. The average molecular weight is 282 g/mol. The highest BCUT2D eigenvalue weighted by Crippen LogP contribution is 2.26. The van der Waals surface area contributed by atoms with Crippen molar-refractivity contribution in [1.29, 1.82) is 0 Å². The molecule has 0 saturated carbocycles. The number of halogens is 3. The number of benzene rings is 1. The number of hydrogen-bond donors (Lipinski definition) is 2. The van der Waals surface area contributed by atoms with E-state index < -0.39 is 17.5 Å². The van der Waals surface area contributed by atoms with Gasteiger partial charge in [-0.25, -0.2) is 18.2 Å². The Hall–Kier alpha value is -1.89. The van der Waals surface area contributed by atoms with E-state index in [4.69, 9.17) is 0 Å². The summed E-state index contributed by atoms with van der Waals surface area (Å²) in [5, 5.41) is 9.89. The molecule has 0 spiro atoms. The van der Waals surface area contributed by atoms with Crippen LogP contribution in [-0.4, -0.2) is 28.3 Å². The Bertz CT molecular complexity index is 620. The van der Waals surface area contributed by atoms with E-state index in [2.05, 4.69) is 20.5 Å². The molecular formula is C13H13F3N4. The van der Waals surface area contributed by atoms with E-state index >= 15 is 0 Å². The van der Waals surface area contributed by atoms with Gasteiger partial charge in [0.25, 0.3) is 0 Å². The number of rotatable bonds is 2. The van der Waals surface area contributed by atoms with Crippen LogP contribution in [0.3, 0.4) is 0 Å². The van der Waals surface area contributed by atoms with Crippen LogP contribution in [0.2, 0.25) is 0 Å². The van der Waals surface area contributed by atoms with Crippen LogP contribution in [0.25, 0.3) is 11.4 Å². The summed E-state index contributed by atoms with van der Waals surface area (Å²) in [6.45, 7) is 1.74. The molecule has 0 bridgehead atoms. The third-order valence-electron chi connectivity index (χ3n) is 3.46. The lowest BCUT2D eigenvalue weighted by Crippen LogP contribution is -2.28. The minimum Gasteiger partial charge on any atom is -0.316 e. The van der Waals surface area contributed by atoms with Gasteiger partial charge >= 0.3 is 0 Å². The third-order valence-corrected chi connectivity index (χ3v) is 3.46. The van der Waals surface area contributed by atoms with Crippen LogP contribution >= 0.6 is 0 Å². The standard InChI is InChI=1S/C13H13F3N4/c14-9-4-3-8(10(15)11(9)16)13-18-12(19-20-13)7-2-1-5-17-6-7/h3-4,7,17H,1-2,5-6H2,(H,18,19,20). The SMILES string of the molecule is Fc1ccc(-c2n[nH]c(C3CCCNC3)n2)c(F)c1F. The highest BCUT2D eigenvalue weighted by molar-refractivity contribution is 5.55. The molecule has 2 heterocycles. The maximum atomic E-state index is 13.7. The second kappa shape index (κ2) is 5.24. The Balaban J connectivity index is 1.92. The molecule has 1 unspecified atom stereocenters. The molecule has 1 saturated heterocycles. The monoisotopic (exact) mass is 282 g/mol. The van der Waals surface area contributed by atoms with Crippen molar-refractivity contribution < 1.29 is 13.2 Å². The molecule has 1 atom stereocenters. The van der Waals surface area contributed by atoms with Crippen LogP contribution in [0.5, 0.6) is 0 Å². The second-order valence-electron chi connectivity index (χ2n) is 4.81. The summed E-state index contributed by atoms with van der Waals surface area (Å²) >= 11 is 0. The Kier molecular flexibility index (Phi) is 3.43. The van der Waals surface area contributed by atoms with Gasteiger partial charge in [0, 0.05) is 12.5 Å². The van der Waals surface area contributed by atoms with Crippen molar-refractivity contribution in [2.75, 3.05) is 13.1 Å².